The van der Waals surface area contributed by atoms with Crippen LogP contribution in [-0.2, 0) is 11.2 Å². The van der Waals surface area contributed by atoms with E-state index in [9.17, 15) is 4.79 Å². The van der Waals surface area contributed by atoms with Crippen molar-refractivity contribution in [1.82, 2.24) is 4.98 Å². The molecule has 70 valence electrons. The summed E-state index contributed by atoms with van der Waals surface area (Å²) in [5, 5.41) is 8.53. The van der Waals surface area contributed by atoms with E-state index in [-0.39, 0.29) is 6.42 Å². The van der Waals surface area contributed by atoms with Crippen molar-refractivity contribution in [3.8, 4) is 0 Å². The molecule has 0 aromatic carbocycles. The van der Waals surface area contributed by atoms with Gasteiger partial charge in [-0.3, -0.25) is 9.78 Å². The number of nitrogens with two attached hydrogens (primary N) is 2. The zero-order chi connectivity index (χ0) is 9.84. The first kappa shape index (κ1) is 9.47. The summed E-state index contributed by atoms with van der Waals surface area (Å²) in [6.07, 6.45) is 1.72. The van der Waals surface area contributed by atoms with Crippen LogP contribution in [0.2, 0.25) is 0 Å². The van der Waals surface area contributed by atoms with Crippen LogP contribution in [0, 0.1) is 0 Å². The average molecular weight is 181 g/mol. The first-order valence-corrected chi connectivity index (χ1v) is 3.78. The van der Waals surface area contributed by atoms with E-state index in [1.165, 1.54) is 6.20 Å². The fraction of sp³-hybridized carbons (Fsp3) is 0.250. The number of carboxylic acid groups (broad SMARTS) is 1. The van der Waals surface area contributed by atoms with Crippen LogP contribution in [0.25, 0.3) is 0 Å². The lowest BCUT2D eigenvalue weighted by atomic mass is 10.1. The average Bonchev–Trinajstić information content (AvgIpc) is 2.04. The first-order valence-electron chi connectivity index (χ1n) is 3.78. The van der Waals surface area contributed by atoms with Crippen LogP contribution in [-0.4, -0.2) is 22.1 Å². The molecule has 1 aromatic rings. The maximum atomic E-state index is 10.4. The molecule has 0 aliphatic carbocycles. The van der Waals surface area contributed by atoms with Gasteiger partial charge in [-0.15, -0.1) is 0 Å². The van der Waals surface area contributed by atoms with Crippen molar-refractivity contribution >= 4 is 11.7 Å². The van der Waals surface area contributed by atoms with E-state index in [1.54, 1.807) is 12.1 Å². The predicted molar refractivity (Wildman–Crippen MR) is 48.0 cm³/mol. The molecule has 0 spiro atoms. The Morgan fingerprint density at radius 2 is 2.38 bits per heavy atom. The highest BCUT2D eigenvalue weighted by Crippen LogP contribution is 2.04. The Balaban J connectivity index is 2.69. The van der Waals surface area contributed by atoms with Crippen molar-refractivity contribution in [3.63, 3.8) is 0 Å². The number of nitrogens with zero attached hydrogens (tertiary/aromatic N) is 1. The summed E-state index contributed by atoms with van der Waals surface area (Å²) < 4.78 is 0. The van der Waals surface area contributed by atoms with Crippen molar-refractivity contribution in [3.05, 3.63) is 24.0 Å². The molecule has 0 amide bonds. The van der Waals surface area contributed by atoms with Gasteiger partial charge in [0, 0.05) is 24.0 Å². The fourth-order valence-electron chi connectivity index (χ4n) is 0.921. The van der Waals surface area contributed by atoms with E-state index < -0.39 is 12.0 Å². The maximum Gasteiger partial charge on any atom is 0.320 e. The summed E-state index contributed by atoms with van der Waals surface area (Å²) in [7, 11) is 0. The van der Waals surface area contributed by atoms with Gasteiger partial charge in [-0.1, -0.05) is 0 Å². The third-order valence-electron chi connectivity index (χ3n) is 1.59. The van der Waals surface area contributed by atoms with Gasteiger partial charge in [0.05, 0.1) is 0 Å². The molecule has 1 heterocycles. The topological polar surface area (TPSA) is 102 Å². The Kier molecular flexibility index (Phi) is 2.81. The molecule has 1 rings (SSSR count). The highest BCUT2D eigenvalue weighted by atomic mass is 16.4. The number of aliphatic carboxylic acids is 1. The fourth-order valence-corrected chi connectivity index (χ4v) is 0.921. The molecule has 5 heteroatoms. The Morgan fingerprint density at radius 1 is 1.69 bits per heavy atom. The van der Waals surface area contributed by atoms with Crippen molar-refractivity contribution < 1.29 is 9.90 Å². The molecular formula is C8H11N3O2. The predicted octanol–water partition coefficient (Wildman–Crippen LogP) is -0.382. The molecule has 1 aromatic heterocycles. The number of hydrogen-bond acceptors (Lipinski definition) is 4. The first-order chi connectivity index (χ1) is 6.09. The van der Waals surface area contributed by atoms with Crippen LogP contribution in [0.15, 0.2) is 18.3 Å². The van der Waals surface area contributed by atoms with Crippen LogP contribution in [0.4, 0.5) is 5.69 Å². The monoisotopic (exact) mass is 181 g/mol. The molecular weight excluding hydrogens is 170 g/mol. The molecule has 1 atom stereocenters. The van der Waals surface area contributed by atoms with E-state index in [0.29, 0.717) is 11.4 Å². The van der Waals surface area contributed by atoms with Gasteiger partial charge in [-0.25, -0.2) is 0 Å². The third kappa shape index (κ3) is 2.72. The molecule has 5 N–H and O–H groups in total. The van der Waals surface area contributed by atoms with Gasteiger partial charge in [-0.2, -0.15) is 0 Å². The van der Waals surface area contributed by atoms with Gasteiger partial charge in [0.25, 0.3) is 0 Å². The Labute approximate surface area is 75.4 Å². The molecule has 0 aliphatic rings. The van der Waals surface area contributed by atoms with Gasteiger partial charge in [-0.05, 0) is 12.1 Å². The van der Waals surface area contributed by atoms with Gasteiger partial charge in [0.2, 0.25) is 0 Å². The summed E-state index contributed by atoms with van der Waals surface area (Å²) in [5.41, 5.74) is 12.0. The molecule has 13 heavy (non-hydrogen) atoms. The minimum atomic E-state index is -1.04. The number of hydrogen-bond donors (Lipinski definition) is 3. The number of aromatic nitrogens is 1. The number of nitrogen functional groups attached to an aromatic ring is 1. The Morgan fingerprint density at radius 3 is 2.92 bits per heavy atom. The summed E-state index contributed by atoms with van der Waals surface area (Å²) in [5.74, 6) is -1.04. The standard InChI is InChI=1S/C8H11N3O2/c9-5-1-2-11-6(3-5)4-7(10)8(12)13/h1-3,7H,4,10H2,(H2,9,11)(H,12,13)/t7-/m1/s1. The molecule has 0 saturated heterocycles. The van der Waals surface area contributed by atoms with Crippen LogP contribution >= 0.6 is 0 Å². The van der Waals surface area contributed by atoms with Crippen LogP contribution in [0.1, 0.15) is 5.69 Å². The lowest BCUT2D eigenvalue weighted by Crippen LogP contribution is -2.32. The van der Waals surface area contributed by atoms with Crippen molar-refractivity contribution in [2.45, 2.75) is 12.5 Å². The minimum absolute atomic E-state index is 0.195. The zero-order valence-electron chi connectivity index (χ0n) is 6.97. The van der Waals surface area contributed by atoms with Crippen molar-refractivity contribution in [2.24, 2.45) is 5.73 Å². The van der Waals surface area contributed by atoms with Crippen LogP contribution < -0.4 is 11.5 Å². The second-order valence-electron chi connectivity index (χ2n) is 2.73. The highest BCUT2D eigenvalue weighted by molar-refractivity contribution is 5.73. The normalized spacial score (nSPS) is 12.4. The number of carbonyl (C=O) groups is 1. The minimum Gasteiger partial charge on any atom is -0.480 e. The number of anilines is 1. The largest absolute Gasteiger partial charge is 0.480 e. The van der Waals surface area contributed by atoms with Crippen molar-refractivity contribution in [2.75, 3.05) is 5.73 Å². The molecule has 0 aliphatic heterocycles. The molecule has 0 radical (unpaired) electrons. The zero-order valence-corrected chi connectivity index (χ0v) is 6.97. The smallest absolute Gasteiger partial charge is 0.320 e. The van der Waals surface area contributed by atoms with Gasteiger partial charge < -0.3 is 16.6 Å². The summed E-state index contributed by atoms with van der Waals surface area (Å²) >= 11 is 0. The number of carboxylic acids is 1. The molecule has 0 bridgehead atoms. The lowest BCUT2D eigenvalue weighted by molar-refractivity contribution is -0.138. The second-order valence-corrected chi connectivity index (χ2v) is 2.73. The number of pyridine rings is 1. The molecule has 0 fully saturated rings. The quantitative estimate of drug-likeness (QED) is 0.589. The van der Waals surface area contributed by atoms with E-state index in [1.807, 2.05) is 0 Å². The van der Waals surface area contributed by atoms with E-state index in [2.05, 4.69) is 4.98 Å². The van der Waals surface area contributed by atoms with E-state index in [0.717, 1.165) is 0 Å². The SMILES string of the molecule is Nc1ccnc(C[C@@H](N)C(=O)O)c1. The lowest BCUT2D eigenvalue weighted by Gasteiger charge is -2.05. The second kappa shape index (κ2) is 3.86. The van der Waals surface area contributed by atoms with Gasteiger partial charge in [0.1, 0.15) is 6.04 Å². The van der Waals surface area contributed by atoms with Crippen molar-refractivity contribution in [1.29, 1.82) is 0 Å². The van der Waals surface area contributed by atoms with Gasteiger partial charge >= 0.3 is 5.97 Å². The maximum absolute atomic E-state index is 10.4. The number of rotatable bonds is 3. The highest BCUT2D eigenvalue weighted by Gasteiger charge is 2.12. The summed E-state index contributed by atoms with van der Waals surface area (Å²) in [4.78, 5) is 14.3. The van der Waals surface area contributed by atoms with Crippen LogP contribution in [0.3, 0.4) is 0 Å². The summed E-state index contributed by atoms with van der Waals surface area (Å²) in [6.45, 7) is 0. The summed E-state index contributed by atoms with van der Waals surface area (Å²) in [6, 6.07) is 2.33. The van der Waals surface area contributed by atoms with E-state index in [4.69, 9.17) is 16.6 Å². The van der Waals surface area contributed by atoms with Gasteiger partial charge in [0.15, 0.2) is 0 Å². The van der Waals surface area contributed by atoms with E-state index >= 15 is 0 Å². The third-order valence-corrected chi connectivity index (χ3v) is 1.59. The molecule has 0 unspecified atom stereocenters. The Hall–Kier alpha value is -1.62. The van der Waals surface area contributed by atoms with Crippen LogP contribution in [0.5, 0.6) is 0 Å². The molecule has 5 nitrogen and oxygen atoms in total. The Bertz CT molecular complexity index is 314. The molecule has 0 saturated carbocycles.